The minimum atomic E-state index is -0.138. The van der Waals surface area contributed by atoms with E-state index in [0.29, 0.717) is 13.1 Å². The van der Waals surface area contributed by atoms with Crippen LogP contribution in [-0.2, 0) is 13.5 Å². The molecule has 0 spiro atoms. The van der Waals surface area contributed by atoms with E-state index in [1.165, 1.54) is 16.7 Å². The molecule has 25 heavy (non-hydrogen) atoms. The van der Waals surface area contributed by atoms with Crippen molar-refractivity contribution in [3.63, 3.8) is 0 Å². The van der Waals surface area contributed by atoms with Gasteiger partial charge in [-0.25, -0.2) is 4.79 Å². The Labute approximate surface area is 150 Å². The van der Waals surface area contributed by atoms with Crippen LogP contribution in [0.15, 0.2) is 30.6 Å². The van der Waals surface area contributed by atoms with Crippen LogP contribution in [0.3, 0.4) is 0 Å². The molecule has 1 aromatic carbocycles. The first-order valence-electron chi connectivity index (χ1n) is 8.59. The van der Waals surface area contributed by atoms with E-state index >= 15 is 0 Å². The van der Waals surface area contributed by atoms with Crippen LogP contribution < -0.4 is 10.6 Å². The maximum Gasteiger partial charge on any atom is 0.314 e. The lowest BCUT2D eigenvalue weighted by Gasteiger charge is -2.23. The zero-order valence-electron chi connectivity index (χ0n) is 15.8. The predicted molar refractivity (Wildman–Crippen MR) is 101 cm³/mol. The van der Waals surface area contributed by atoms with E-state index < -0.39 is 0 Å². The summed E-state index contributed by atoms with van der Waals surface area (Å²) in [4.78, 5) is 14.2. The number of nitrogens with zero attached hydrogens (tertiary/aromatic N) is 3. The number of aryl methyl sites for hydroxylation is 3. The molecule has 6 nitrogen and oxygen atoms in total. The minimum Gasteiger partial charge on any atom is -0.338 e. The molecule has 2 rings (SSSR count). The van der Waals surface area contributed by atoms with Crippen LogP contribution in [0.5, 0.6) is 0 Å². The highest BCUT2D eigenvalue weighted by Gasteiger charge is 2.16. The van der Waals surface area contributed by atoms with Crippen molar-refractivity contribution in [2.75, 3.05) is 27.2 Å². The van der Waals surface area contributed by atoms with Crippen molar-refractivity contribution in [1.82, 2.24) is 25.3 Å². The van der Waals surface area contributed by atoms with Gasteiger partial charge in [-0.15, -0.1) is 0 Å². The molecule has 0 bridgehead atoms. The van der Waals surface area contributed by atoms with E-state index in [0.717, 1.165) is 12.0 Å². The van der Waals surface area contributed by atoms with Crippen LogP contribution in [0.1, 0.15) is 28.3 Å². The normalized spacial score (nSPS) is 12.2. The van der Waals surface area contributed by atoms with Gasteiger partial charge in [-0.3, -0.25) is 4.68 Å². The van der Waals surface area contributed by atoms with Crippen LogP contribution in [0, 0.1) is 13.8 Å². The van der Waals surface area contributed by atoms with Crippen molar-refractivity contribution in [2.45, 2.75) is 26.3 Å². The summed E-state index contributed by atoms with van der Waals surface area (Å²) in [6.45, 7) is 5.35. The van der Waals surface area contributed by atoms with Gasteiger partial charge in [0, 0.05) is 31.9 Å². The summed E-state index contributed by atoms with van der Waals surface area (Å²) in [6, 6.07) is 6.37. The molecule has 1 unspecified atom stereocenters. The van der Waals surface area contributed by atoms with Gasteiger partial charge in [0.1, 0.15) is 0 Å². The standard InChI is InChI=1S/C19H29N5O/c1-14-6-7-16(15(2)10-14)8-9-20-19(25)21-12-18(23(3)4)17-11-22-24(5)13-17/h6-7,10-11,13,18H,8-9,12H2,1-5H3,(H2,20,21,25). The number of carbonyl (C=O) groups excluding carboxylic acids is 1. The second-order valence-electron chi connectivity index (χ2n) is 6.74. The molecule has 1 heterocycles. The summed E-state index contributed by atoms with van der Waals surface area (Å²) in [5, 5.41) is 10.1. The molecule has 0 fully saturated rings. The fourth-order valence-electron chi connectivity index (χ4n) is 2.90. The van der Waals surface area contributed by atoms with E-state index in [1.54, 1.807) is 4.68 Å². The number of rotatable bonds is 7. The number of aromatic nitrogens is 2. The highest BCUT2D eigenvalue weighted by Crippen LogP contribution is 2.16. The summed E-state index contributed by atoms with van der Waals surface area (Å²) in [7, 11) is 5.89. The third kappa shape index (κ3) is 5.60. The Morgan fingerprint density at radius 2 is 2.04 bits per heavy atom. The summed E-state index contributed by atoms with van der Waals surface area (Å²) in [5.41, 5.74) is 4.89. The lowest BCUT2D eigenvalue weighted by Crippen LogP contribution is -2.41. The van der Waals surface area contributed by atoms with Gasteiger partial charge in [0.05, 0.1) is 12.2 Å². The SMILES string of the molecule is Cc1ccc(CCNC(=O)NCC(c2cnn(C)c2)N(C)C)c(C)c1. The van der Waals surface area contributed by atoms with Gasteiger partial charge >= 0.3 is 6.03 Å². The number of carbonyl (C=O) groups is 1. The fraction of sp³-hybridized carbons (Fsp3) is 0.474. The smallest absolute Gasteiger partial charge is 0.314 e. The lowest BCUT2D eigenvalue weighted by molar-refractivity contribution is 0.233. The van der Waals surface area contributed by atoms with Crippen molar-refractivity contribution < 1.29 is 4.79 Å². The number of amides is 2. The molecule has 0 aliphatic carbocycles. The van der Waals surface area contributed by atoms with Gasteiger partial charge < -0.3 is 15.5 Å². The molecule has 0 aliphatic rings. The van der Waals surface area contributed by atoms with Gasteiger partial charge in [-0.1, -0.05) is 23.8 Å². The van der Waals surface area contributed by atoms with Crippen molar-refractivity contribution in [1.29, 1.82) is 0 Å². The number of hydrogen-bond acceptors (Lipinski definition) is 3. The third-order valence-electron chi connectivity index (χ3n) is 4.37. The molecule has 2 N–H and O–H groups in total. The van der Waals surface area contributed by atoms with Crippen LogP contribution in [-0.4, -0.2) is 47.9 Å². The molecule has 0 saturated heterocycles. The monoisotopic (exact) mass is 343 g/mol. The number of hydrogen-bond donors (Lipinski definition) is 2. The van der Waals surface area contributed by atoms with Crippen molar-refractivity contribution >= 4 is 6.03 Å². The average Bonchev–Trinajstić information content (AvgIpc) is 2.95. The van der Waals surface area contributed by atoms with Crippen molar-refractivity contribution in [3.8, 4) is 0 Å². The summed E-state index contributed by atoms with van der Waals surface area (Å²) in [5.74, 6) is 0. The highest BCUT2D eigenvalue weighted by molar-refractivity contribution is 5.73. The first kappa shape index (κ1) is 19.0. The van der Waals surface area contributed by atoms with E-state index in [2.05, 4.69) is 52.7 Å². The zero-order chi connectivity index (χ0) is 18.4. The molecule has 2 amide bonds. The quantitative estimate of drug-likeness (QED) is 0.810. The third-order valence-corrected chi connectivity index (χ3v) is 4.37. The number of likely N-dealkylation sites (N-methyl/N-ethyl adjacent to an activating group) is 1. The Balaban J connectivity index is 1.79. The van der Waals surface area contributed by atoms with Crippen LogP contribution in [0.25, 0.3) is 0 Å². The predicted octanol–water partition coefficient (Wildman–Crippen LogP) is 2.18. The van der Waals surface area contributed by atoms with Crippen LogP contribution >= 0.6 is 0 Å². The molecule has 136 valence electrons. The van der Waals surface area contributed by atoms with Crippen molar-refractivity contribution in [3.05, 3.63) is 52.8 Å². The second kappa shape index (κ2) is 8.67. The zero-order valence-corrected chi connectivity index (χ0v) is 15.8. The molecule has 0 aliphatic heterocycles. The first-order chi connectivity index (χ1) is 11.9. The molecule has 1 atom stereocenters. The Hall–Kier alpha value is -2.34. The summed E-state index contributed by atoms with van der Waals surface area (Å²) >= 11 is 0. The van der Waals surface area contributed by atoms with Crippen LogP contribution in [0.4, 0.5) is 4.79 Å². The van der Waals surface area contributed by atoms with E-state index in [1.807, 2.05) is 33.5 Å². The molecule has 0 saturated carbocycles. The topological polar surface area (TPSA) is 62.2 Å². The lowest BCUT2D eigenvalue weighted by atomic mass is 10.0. The van der Waals surface area contributed by atoms with E-state index in [4.69, 9.17) is 0 Å². The largest absolute Gasteiger partial charge is 0.338 e. The number of nitrogens with one attached hydrogen (secondary N) is 2. The maximum absolute atomic E-state index is 12.1. The van der Waals surface area contributed by atoms with Gasteiger partial charge in [0.2, 0.25) is 0 Å². The molecule has 1 aromatic heterocycles. The molecule has 0 radical (unpaired) electrons. The first-order valence-corrected chi connectivity index (χ1v) is 8.59. The minimum absolute atomic E-state index is 0.0961. The van der Waals surface area contributed by atoms with Crippen LogP contribution in [0.2, 0.25) is 0 Å². The Kier molecular flexibility index (Phi) is 6.58. The average molecular weight is 343 g/mol. The van der Waals surface area contributed by atoms with Gasteiger partial charge in [0.15, 0.2) is 0 Å². The Morgan fingerprint density at radius 1 is 1.28 bits per heavy atom. The van der Waals surface area contributed by atoms with Crippen molar-refractivity contribution in [2.24, 2.45) is 7.05 Å². The van der Waals surface area contributed by atoms with Gasteiger partial charge in [0.25, 0.3) is 0 Å². The molecule has 6 heteroatoms. The van der Waals surface area contributed by atoms with Gasteiger partial charge in [-0.2, -0.15) is 5.10 Å². The molecule has 2 aromatic rings. The number of urea groups is 1. The Morgan fingerprint density at radius 3 is 2.64 bits per heavy atom. The highest BCUT2D eigenvalue weighted by atomic mass is 16.2. The summed E-state index contributed by atoms with van der Waals surface area (Å²) < 4.78 is 1.77. The second-order valence-corrected chi connectivity index (χ2v) is 6.74. The van der Waals surface area contributed by atoms with Gasteiger partial charge in [-0.05, 0) is 45.5 Å². The molecular formula is C19H29N5O. The fourth-order valence-corrected chi connectivity index (χ4v) is 2.90. The number of benzene rings is 1. The maximum atomic E-state index is 12.1. The Bertz CT molecular complexity index is 708. The van der Waals surface area contributed by atoms with E-state index in [-0.39, 0.29) is 12.1 Å². The summed E-state index contributed by atoms with van der Waals surface area (Å²) in [6.07, 6.45) is 4.65. The molecular weight excluding hydrogens is 314 g/mol. The van der Waals surface area contributed by atoms with E-state index in [9.17, 15) is 4.79 Å².